The summed E-state index contributed by atoms with van der Waals surface area (Å²) in [5.41, 5.74) is 1.29. The fraction of sp³-hybridized carbons (Fsp3) is 0.727. The van der Waals surface area contributed by atoms with Crippen LogP contribution in [0.5, 0.6) is 0 Å². The zero-order valence-corrected chi connectivity index (χ0v) is 11.8. The minimum absolute atomic E-state index is 0.0762. The molecule has 1 amide bonds. The van der Waals surface area contributed by atoms with Crippen LogP contribution in [0.1, 0.15) is 27.7 Å². The van der Waals surface area contributed by atoms with Gasteiger partial charge in [0.1, 0.15) is 0 Å². The van der Waals surface area contributed by atoms with Gasteiger partial charge in [0.25, 0.3) is 0 Å². The van der Waals surface area contributed by atoms with Crippen LogP contribution in [0.4, 0.5) is 0 Å². The van der Waals surface area contributed by atoms with E-state index < -0.39 is 30.5 Å². The number of aliphatic hydroxyl groups is 1. The fourth-order valence-corrected chi connectivity index (χ4v) is 7.14. The van der Waals surface area contributed by atoms with E-state index in [1.807, 2.05) is 13.8 Å². The molecular formula is C11H17NO2Te. The van der Waals surface area contributed by atoms with Gasteiger partial charge >= 0.3 is 100 Å². The van der Waals surface area contributed by atoms with Gasteiger partial charge in [0.2, 0.25) is 0 Å². The molecule has 0 aromatic carbocycles. The van der Waals surface area contributed by atoms with Crippen molar-refractivity contribution in [2.24, 2.45) is 5.92 Å². The SMILES string of the molecule is CC1=C(C)[C@@H]2NC(=O)[C@]2([C@@H](O)C(C)C)[Te]1. The quantitative estimate of drug-likeness (QED) is 0.580. The molecule has 0 radical (unpaired) electrons. The number of hydrogen-bond acceptors (Lipinski definition) is 2. The van der Waals surface area contributed by atoms with E-state index >= 15 is 0 Å². The van der Waals surface area contributed by atoms with E-state index in [0.29, 0.717) is 0 Å². The average Bonchev–Trinajstić information content (AvgIpc) is 2.37. The van der Waals surface area contributed by atoms with Gasteiger partial charge in [-0.1, -0.05) is 0 Å². The van der Waals surface area contributed by atoms with Gasteiger partial charge in [0, 0.05) is 0 Å². The molecule has 0 bridgehead atoms. The number of hydrogen-bond donors (Lipinski definition) is 2. The Kier molecular flexibility index (Phi) is 2.65. The van der Waals surface area contributed by atoms with Crippen molar-refractivity contribution in [2.75, 3.05) is 0 Å². The molecule has 3 atom stereocenters. The van der Waals surface area contributed by atoms with Crippen molar-refractivity contribution in [1.29, 1.82) is 0 Å². The number of rotatable bonds is 2. The Bertz CT molecular complexity index is 350. The Morgan fingerprint density at radius 1 is 1.47 bits per heavy atom. The molecule has 0 spiro atoms. The predicted octanol–water partition coefficient (Wildman–Crippen LogP) is 0.672. The van der Waals surface area contributed by atoms with E-state index in [4.69, 9.17) is 0 Å². The molecule has 2 N–H and O–H groups in total. The van der Waals surface area contributed by atoms with Crippen LogP contribution < -0.4 is 5.32 Å². The summed E-state index contributed by atoms with van der Waals surface area (Å²) in [6.45, 7) is 8.16. The van der Waals surface area contributed by atoms with Gasteiger partial charge in [-0.2, -0.15) is 0 Å². The van der Waals surface area contributed by atoms with Gasteiger partial charge < -0.3 is 0 Å². The molecule has 84 valence electrons. The van der Waals surface area contributed by atoms with Gasteiger partial charge in [-0.25, -0.2) is 0 Å². The zero-order valence-electron chi connectivity index (χ0n) is 9.50. The first-order valence-corrected chi connectivity index (χ1v) is 7.59. The van der Waals surface area contributed by atoms with E-state index in [1.165, 1.54) is 9.19 Å². The number of carbonyl (C=O) groups is 1. The monoisotopic (exact) mass is 325 g/mol. The first kappa shape index (κ1) is 11.4. The Morgan fingerprint density at radius 3 is 2.47 bits per heavy atom. The summed E-state index contributed by atoms with van der Waals surface area (Å²) in [7, 11) is 0. The molecule has 15 heavy (non-hydrogen) atoms. The Hall–Kier alpha value is -0.0404. The zero-order chi connectivity index (χ0) is 11.4. The van der Waals surface area contributed by atoms with E-state index in [1.54, 1.807) is 0 Å². The van der Waals surface area contributed by atoms with Gasteiger partial charge in [-0.3, -0.25) is 0 Å². The molecule has 0 aromatic rings. The molecule has 2 rings (SSSR count). The predicted molar refractivity (Wildman–Crippen MR) is 59.6 cm³/mol. The molecular weight excluding hydrogens is 306 g/mol. The van der Waals surface area contributed by atoms with Crippen molar-refractivity contribution < 1.29 is 9.90 Å². The summed E-state index contributed by atoms with van der Waals surface area (Å²) in [5.74, 6) is 0.231. The van der Waals surface area contributed by atoms with Crippen LogP contribution in [0.15, 0.2) is 9.19 Å². The molecule has 1 fully saturated rings. The maximum absolute atomic E-state index is 11.8. The number of amides is 1. The van der Waals surface area contributed by atoms with Gasteiger partial charge in [0.15, 0.2) is 0 Å². The Balaban J connectivity index is 2.33. The van der Waals surface area contributed by atoms with E-state index in [0.717, 1.165) is 0 Å². The summed E-state index contributed by atoms with van der Waals surface area (Å²) in [4.78, 5) is 11.8. The van der Waals surface area contributed by atoms with Gasteiger partial charge in [-0.15, -0.1) is 0 Å². The summed E-state index contributed by atoms with van der Waals surface area (Å²) in [6.07, 6.45) is -0.481. The molecule has 1 saturated heterocycles. The summed E-state index contributed by atoms with van der Waals surface area (Å²) in [6, 6.07) is 0.129. The van der Waals surface area contributed by atoms with Crippen LogP contribution in [0.25, 0.3) is 0 Å². The van der Waals surface area contributed by atoms with E-state index in [2.05, 4.69) is 19.2 Å². The summed E-state index contributed by atoms with van der Waals surface area (Å²) < 4.78 is 0.955. The van der Waals surface area contributed by atoms with Gasteiger partial charge in [-0.05, 0) is 0 Å². The second-order valence-electron chi connectivity index (χ2n) is 4.73. The van der Waals surface area contributed by atoms with Crippen LogP contribution >= 0.6 is 0 Å². The number of fused-ring (bicyclic) bond motifs is 1. The van der Waals surface area contributed by atoms with Crippen molar-refractivity contribution >= 4 is 26.8 Å². The number of nitrogens with one attached hydrogen (secondary N) is 1. The van der Waals surface area contributed by atoms with Crippen molar-refractivity contribution in [3.63, 3.8) is 0 Å². The first-order valence-electron chi connectivity index (χ1n) is 5.26. The number of aliphatic hydroxyl groups excluding tert-OH is 1. The molecule has 0 aliphatic carbocycles. The number of carbonyl (C=O) groups excluding carboxylic acids is 1. The van der Waals surface area contributed by atoms with Crippen LogP contribution in [0.2, 0.25) is 3.46 Å². The van der Waals surface area contributed by atoms with Crippen LogP contribution in [-0.4, -0.2) is 44.1 Å². The molecule has 4 heteroatoms. The van der Waals surface area contributed by atoms with E-state index in [9.17, 15) is 9.90 Å². The normalized spacial score (nSPS) is 36.4. The fourth-order valence-electron chi connectivity index (χ4n) is 2.34. The van der Waals surface area contributed by atoms with Crippen LogP contribution in [-0.2, 0) is 4.79 Å². The number of allylic oxidation sites excluding steroid dienone is 1. The molecule has 0 aromatic heterocycles. The molecule has 2 aliphatic heterocycles. The Morgan fingerprint density at radius 2 is 2.07 bits per heavy atom. The third-order valence-electron chi connectivity index (χ3n) is 3.44. The topological polar surface area (TPSA) is 49.3 Å². The van der Waals surface area contributed by atoms with Crippen molar-refractivity contribution in [1.82, 2.24) is 5.32 Å². The maximum atomic E-state index is 11.8. The molecule has 0 saturated carbocycles. The average molecular weight is 323 g/mol. The van der Waals surface area contributed by atoms with Crippen molar-refractivity contribution in [2.45, 2.75) is 43.3 Å². The standard InChI is InChI=1S/C11H17NO2Te/c1-5(2)9(13)11-8(12-10(11)14)6(3)7(4)15-11/h5,8-9,13H,1-4H3,(H,12,14)/t8-,9-,11-/m0/s1. The minimum atomic E-state index is -0.556. The van der Waals surface area contributed by atoms with Crippen molar-refractivity contribution in [3.8, 4) is 0 Å². The second-order valence-corrected chi connectivity index (χ2v) is 8.99. The molecule has 2 aliphatic rings. The second kappa shape index (κ2) is 3.48. The summed E-state index contributed by atoms with van der Waals surface area (Å²) >= 11 is -0.556. The third kappa shape index (κ3) is 1.32. The van der Waals surface area contributed by atoms with Crippen LogP contribution in [0, 0.1) is 5.92 Å². The van der Waals surface area contributed by atoms with E-state index in [-0.39, 0.29) is 17.9 Å². The Labute approximate surface area is 100 Å². The first-order chi connectivity index (χ1) is 6.91. The summed E-state index contributed by atoms with van der Waals surface area (Å²) in [5, 5.41) is 13.2. The number of β-lactam (4-membered cyclic amide) rings is 1. The van der Waals surface area contributed by atoms with Gasteiger partial charge in [0.05, 0.1) is 0 Å². The molecule has 0 unspecified atom stereocenters. The van der Waals surface area contributed by atoms with Crippen LogP contribution in [0.3, 0.4) is 0 Å². The molecule has 2 heterocycles. The molecule has 3 nitrogen and oxygen atoms in total. The third-order valence-corrected chi connectivity index (χ3v) is 8.09. The van der Waals surface area contributed by atoms with Crippen molar-refractivity contribution in [3.05, 3.63) is 9.19 Å².